The second-order valence-corrected chi connectivity index (χ2v) is 7.45. The van der Waals surface area contributed by atoms with Crippen LogP contribution in [0.2, 0.25) is 0 Å². The van der Waals surface area contributed by atoms with Crippen molar-refractivity contribution < 1.29 is 19.1 Å². The Morgan fingerprint density at radius 2 is 2.19 bits per heavy atom. The van der Waals surface area contributed by atoms with E-state index in [0.29, 0.717) is 19.6 Å². The number of urea groups is 1. The van der Waals surface area contributed by atoms with E-state index in [2.05, 4.69) is 10.6 Å². The number of hydrogen-bond donors (Lipinski definition) is 2. The molecule has 1 saturated heterocycles. The minimum absolute atomic E-state index is 0.0819. The Morgan fingerprint density at radius 3 is 2.93 bits per heavy atom. The van der Waals surface area contributed by atoms with Crippen molar-refractivity contribution in [2.24, 2.45) is 5.92 Å². The van der Waals surface area contributed by atoms with Crippen molar-refractivity contribution in [3.05, 3.63) is 29.8 Å². The maximum atomic E-state index is 12.8. The Kier molecular flexibility index (Phi) is 5.68. The fraction of sp³-hybridized carbons (Fsp3) is 0.550. The van der Waals surface area contributed by atoms with Crippen molar-refractivity contribution in [2.75, 3.05) is 19.7 Å². The van der Waals surface area contributed by atoms with E-state index in [9.17, 15) is 14.4 Å². The number of benzene rings is 1. The summed E-state index contributed by atoms with van der Waals surface area (Å²) < 4.78 is 5.58. The van der Waals surface area contributed by atoms with Gasteiger partial charge >= 0.3 is 6.03 Å². The highest BCUT2D eigenvalue weighted by molar-refractivity contribution is 6.09. The first kappa shape index (κ1) is 19.2. The average molecular weight is 373 g/mol. The van der Waals surface area contributed by atoms with Crippen molar-refractivity contribution in [1.29, 1.82) is 0 Å². The minimum Gasteiger partial charge on any atom is -0.492 e. The van der Waals surface area contributed by atoms with Gasteiger partial charge < -0.3 is 15.4 Å². The summed E-state index contributed by atoms with van der Waals surface area (Å²) in [4.78, 5) is 38.3. The Bertz CT molecular complexity index is 736. The Morgan fingerprint density at radius 1 is 1.37 bits per heavy atom. The first-order valence-electron chi connectivity index (χ1n) is 9.52. The zero-order valence-electron chi connectivity index (χ0n) is 15.9. The van der Waals surface area contributed by atoms with E-state index in [-0.39, 0.29) is 24.3 Å². The van der Waals surface area contributed by atoms with Crippen LogP contribution < -0.4 is 15.4 Å². The van der Waals surface area contributed by atoms with E-state index in [4.69, 9.17) is 4.74 Å². The van der Waals surface area contributed by atoms with E-state index < -0.39 is 11.6 Å². The van der Waals surface area contributed by atoms with Crippen molar-refractivity contribution in [2.45, 2.75) is 45.1 Å². The lowest BCUT2D eigenvalue weighted by Crippen LogP contribution is -2.54. The lowest BCUT2D eigenvalue weighted by atomic mass is 9.73. The molecule has 0 aromatic heterocycles. The molecule has 4 amide bonds. The van der Waals surface area contributed by atoms with Gasteiger partial charge in [-0.3, -0.25) is 14.5 Å². The molecule has 7 heteroatoms. The molecule has 0 unspecified atom stereocenters. The first-order chi connectivity index (χ1) is 12.9. The van der Waals surface area contributed by atoms with E-state index in [1.165, 1.54) is 0 Å². The van der Waals surface area contributed by atoms with Gasteiger partial charge in [0.05, 0.1) is 6.54 Å². The predicted octanol–water partition coefficient (Wildman–Crippen LogP) is 1.99. The second-order valence-electron chi connectivity index (χ2n) is 7.45. The maximum Gasteiger partial charge on any atom is 0.325 e. The molecule has 1 aliphatic carbocycles. The molecule has 2 fully saturated rings. The van der Waals surface area contributed by atoms with E-state index in [1.54, 1.807) is 0 Å². The summed E-state index contributed by atoms with van der Waals surface area (Å²) in [6.45, 7) is 4.33. The molecule has 7 nitrogen and oxygen atoms in total. The summed E-state index contributed by atoms with van der Waals surface area (Å²) in [7, 11) is 0. The van der Waals surface area contributed by atoms with Crippen molar-refractivity contribution in [3.8, 4) is 5.75 Å². The third-order valence-corrected chi connectivity index (χ3v) is 5.49. The van der Waals surface area contributed by atoms with E-state index in [1.807, 2.05) is 38.1 Å². The number of amides is 4. The largest absolute Gasteiger partial charge is 0.492 e. The lowest BCUT2D eigenvalue weighted by Gasteiger charge is -2.36. The van der Waals surface area contributed by atoms with Gasteiger partial charge in [0, 0.05) is 0 Å². The highest BCUT2D eigenvalue weighted by atomic mass is 16.5. The topological polar surface area (TPSA) is 87.7 Å². The predicted molar refractivity (Wildman–Crippen MR) is 100 cm³/mol. The van der Waals surface area contributed by atoms with Crippen molar-refractivity contribution in [1.82, 2.24) is 15.5 Å². The number of nitrogens with one attached hydrogen (secondary N) is 2. The third-order valence-electron chi connectivity index (χ3n) is 5.49. The highest BCUT2D eigenvalue weighted by Crippen LogP contribution is 2.38. The van der Waals surface area contributed by atoms with Crippen LogP contribution in [0.4, 0.5) is 4.79 Å². The molecule has 1 aromatic rings. The minimum atomic E-state index is -0.829. The molecule has 1 heterocycles. The number of carbonyl (C=O) groups excluding carboxylic acids is 3. The van der Waals surface area contributed by atoms with Crippen molar-refractivity contribution >= 4 is 17.8 Å². The molecule has 3 rings (SSSR count). The van der Waals surface area contributed by atoms with E-state index >= 15 is 0 Å². The normalized spacial score (nSPS) is 24.8. The zero-order chi connectivity index (χ0) is 19.4. The van der Waals surface area contributed by atoms with Crippen LogP contribution in [0, 0.1) is 12.8 Å². The van der Waals surface area contributed by atoms with Gasteiger partial charge in [0.2, 0.25) is 5.91 Å². The monoisotopic (exact) mass is 373 g/mol. The number of nitrogens with zero attached hydrogens (tertiary/aromatic N) is 1. The van der Waals surface area contributed by atoms with Gasteiger partial charge in [0.15, 0.2) is 0 Å². The second kappa shape index (κ2) is 7.98. The van der Waals surface area contributed by atoms with Gasteiger partial charge in [-0.25, -0.2) is 4.79 Å². The number of imide groups is 1. The molecule has 2 atom stereocenters. The standard InChI is InChI=1S/C20H27N3O4/c1-14-6-5-8-16(12-14)27-11-10-21-17(24)13-23-18(25)20(22-19(23)26)9-4-3-7-15(20)2/h5-6,8,12,15H,3-4,7,9-11,13H2,1-2H3,(H,21,24)(H,22,26)/t15-,20-/m1/s1. The van der Waals surface area contributed by atoms with Crippen molar-refractivity contribution in [3.63, 3.8) is 0 Å². The Labute approximate surface area is 159 Å². The summed E-state index contributed by atoms with van der Waals surface area (Å²) in [6, 6.07) is 7.18. The number of ether oxygens (including phenoxy) is 1. The van der Waals surface area contributed by atoms with E-state index in [0.717, 1.165) is 35.5 Å². The summed E-state index contributed by atoms with van der Waals surface area (Å²) >= 11 is 0. The SMILES string of the molecule is Cc1cccc(OCCNC(=O)CN2C(=O)N[C@@]3(CCCC[C@H]3C)C2=O)c1. The summed E-state index contributed by atoms with van der Waals surface area (Å²) in [5.74, 6) is 0.183. The number of rotatable bonds is 6. The summed E-state index contributed by atoms with van der Waals surface area (Å²) in [6.07, 6.45) is 3.52. The fourth-order valence-corrected chi connectivity index (χ4v) is 3.90. The van der Waals surface area contributed by atoms with Gasteiger partial charge in [-0.1, -0.05) is 31.9 Å². The average Bonchev–Trinajstić information content (AvgIpc) is 2.86. The molecular weight excluding hydrogens is 346 g/mol. The van der Waals surface area contributed by atoms with Crippen LogP contribution in [0.25, 0.3) is 0 Å². The molecule has 1 aromatic carbocycles. The van der Waals surface area contributed by atoms with Crippen LogP contribution >= 0.6 is 0 Å². The molecule has 2 aliphatic rings. The van der Waals surface area contributed by atoms with Crippen LogP contribution in [0.1, 0.15) is 38.2 Å². The van der Waals surface area contributed by atoms with Gasteiger partial charge in [-0.15, -0.1) is 0 Å². The fourth-order valence-electron chi connectivity index (χ4n) is 3.90. The molecular formula is C20H27N3O4. The molecule has 2 N–H and O–H groups in total. The molecule has 1 aliphatic heterocycles. The van der Waals surface area contributed by atoms with Crippen LogP contribution in [-0.4, -0.2) is 48.0 Å². The third kappa shape index (κ3) is 4.07. The van der Waals surface area contributed by atoms with Crippen LogP contribution in [0.5, 0.6) is 5.75 Å². The first-order valence-corrected chi connectivity index (χ1v) is 9.52. The molecule has 0 radical (unpaired) electrons. The summed E-state index contributed by atoms with van der Waals surface area (Å²) in [5, 5.41) is 5.55. The van der Waals surface area contributed by atoms with Gasteiger partial charge in [-0.2, -0.15) is 0 Å². The zero-order valence-corrected chi connectivity index (χ0v) is 15.9. The number of hydrogen-bond acceptors (Lipinski definition) is 4. The molecule has 1 spiro atoms. The molecule has 0 bridgehead atoms. The van der Waals surface area contributed by atoms with Crippen LogP contribution in [0.3, 0.4) is 0 Å². The number of aryl methyl sites for hydroxylation is 1. The maximum absolute atomic E-state index is 12.8. The lowest BCUT2D eigenvalue weighted by molar-refractivity contribution is -0.137. The van der Waals surface area contributed by atoms with Crippen LogP contribution in [0.15, 0.2) is 24.3 Å². The van der Waals surface area contributed by atoms with Gasteiger partial charge in [-0.05, 0) is 43.4 Å². The Balaban J connectivity index is 1.47. The Hall–Kier alpha value is -2.57. The number of carbonyl (C=O) groups is 3. The molecule has 27 heavy (non-hydrogen) atoms. The molecule has 146 valence electrons. The van der Waals surface area contributed by atoms with Gasteiger partial charge in [0.1, 0.15) is 24.4 Å². The van der Waals surface area contributed by atoms with Gasteiger partial charge in [0.25, 0.3) is 5.91 Å². The van der Waals surface area contributed by atoms with Crippen LogP contribution in [-0.2, 0) is 9.59 Å². The molecule has 1 saturated carbocycles. The summed E-state index contributed by atoms with van der Waals surface area (Å²) in [5.41, 5.74) is 0.269. The smallest absolute Gasteiger partial charge is 0.325 e. The highest BCUT2D eigenvalue weighted by Gasteiger charge is 2.55. The quantitative estimate of drug-likeness (QED) is 0.590.